The van der Waals surface area contributed by atoms with Crippen LogP contribution >= 0.6 is 0 Å². The number of carbonyl (C=O) groups excluding carboxylic acids is 1. The molecule has 12 heteroatoms. The van der Waals surface area contributed by atoms with Crippen LogP contribution in [-0.2, 0) is 11.3 Å². The van der Waals surface area contributed by atoms with Gasteiger partial charge in [0.05, 0.1) is 12.1 Å². The van der Waals surface area contributed by atoms with Crippen molar-refractivity contribution in [3.63, 3.8) is 0 Å². The van der Waals surface area contributed by atoms with Crippen molar-refractivity contribution in [3.8, 4) is 5.75 Å². The van der Waals surface area contributed by atoms with Gasteiger partial charge in [-0.15, -0.1) is 0 Å². The summed E-state index contributed by atoms with van der Waals surface area (Å²) in [7, 11) is 3.77. The fraction of sp³-hybridized carbons (Fsp3) is 0.391. The van der Waals surface area contributed by atoms with Gasteiger partial charge in [-0.25, -0.2) is 4.79 Å². The number of nitrogens with zero attached hydrogens (tertiary/aromatic N) is 2. The molecule has 2 aromatic rings. The number of nitrogens with one attached hydrogen (secondary N) is 1. The number of benzene rings is 2. The number of aromatic carboxylic acids is 1. The fourth-order valence-electron chi connectivity index (χ4n) is 2.86. The summed E-state index contributed by atoms with van der Waals surface area (Å²) in [4.78, 5) is 27.4. The highest BCUT2D eigenvalue weighted by Gasteiger charge is 2.58. The predicted molar refractivity (Wildman–Crippen MR) is 119 cm³/mol. The highest BCUT2D eigenvalue weighted by atomic mass is 19.4. The van der Waals surface area contributed by atoms with E-state index in [-0.39, 0.29) is 23.8 Å². The molecule has 0 saturated carbocycles. The number of anilines is 1. The van der Waals surface area contributed by atoms with E-state index >= 15 is 0 Å². The zero-order valence-corrected chi connectivity index (χ0v) is 19.1. The first-order valence-electron chi connectivity index (χ1n) is 10.4. The van der Waals surface area contributed by atoms with Crippen molar-refractivity contribution < 1.29 is 41.4 Å². The SMILES string of the molecule is CN(C)CCN(CC(=O)Nc1ccc(OCC(F)(F)C(F)(F)F)cc1)Cc1ccc(C(=O)O)cc1. The average Bonchev–Trinajstić information content (AvgIpc) is 2.76. The second-order valence-electron chi connectivity index (χ2n) is 8.08. The number of hydrogen-bond acceptors (Lipinski definition) is 5. The Bertz CT molecular complexity index is 980. The molecular formula is C23H26F5N3O4. The van der Waals surface area contributed by atoms with Crippen molar-refractivity contribution in [2.75, 3.05) is 45.7 Å². The van der Waals surface area contributed by atoms with E-state index < -0.39 is 24.7 Å². The van der Waals surface area contributed by atoms with Crippen LogP contribution in [-0.4, -0.2) is 79.2 Å². The number of carbonyl (C=O) groups is 2. The van der Waals surface area contributed by atoms with Crippen LogP contribution in [0.4, 0.5) is 27.6 Å². The van der Waals surface area contributed by atoms with Crippen molar-refractivity contribution >= 4 is 17.6 Å². The summed E-state index contributed by atoms with van der Waals surface area (Å²) in [5.74, 6) is -6.59. The normalized spacial score (nSPS) is 12.1. The summed E-state index contributed by atoms with van der Waals surface area (Å²) < 4.78 is 67.2. The third-order valence-corrected chi connectivity index (χ3v) is 4.81. The molecule has 192 valence electrons. The fourth-order valence-corrected chi connectivity index (χ4v) is 2.86. The van der Waals surface area contributed by atoms with E-state index in [0.29, 0.717) is 25.3 Å². The van der Waals surface area contributed by atoms with Gasteiger partial charge in [-0.1, -0.05) is 12.1 Å². The lowest BCUT2D eigenvalue weighted by Crippen LogP contribution is -2.41. The quantitative estimate of drug-likeness (QED) is 0.427. The zero-order valence-electron chi connectivity index (χ0n) is 19.1. The Morgan fingerprint density at radius 3 is 2.06 bits per heavy atom. The molecule has 0 radical (unpaired) electrons. The van der Waals surface area contributed by atoms with Gasteiger partial charge in [0.25, 0.3) is 0 Å². The van der Waals surface area contributed by atoms with Gasteiger partial charge in [-0.3, -0.25) is 9.69 Å². The molecule has 2 rings (SSSR count). The Hall–Kier alpha value is -3.25. The van der Waals surface area contributed by atoms with Gasteiger partial charge in [0.2, 0.25) is 5.91 Å². The van der Waals surface area contributed by atoms with Crippen LogP contribution < -0.4 is 10.1 Å². The van der Waals surface area contributed by atoms with Gasteiger partial charge in [-0.05, 0) is 56.1 Å². The lowest BCUT2D eigenvalue weighted by atomic mass is 10.1. The summed E-state index contributed by atoms with van der Waals surface area (Å²) in [5.41, 5.74) is 1.28. The molecule has 0 aliphatic heterocycles. The summed E-state index contributed by atoms with van der Waals surface area (Å²) >= 11 is 0. The smallest absolute Gasteiger partial charge is 0.456 e. The standard InChI is InChI=1S/C23H26F5N3O4/c1-30(2)11-12-31(13-16-3-5-17(6-4-16)21(33)34)14-20(32)29-18-7-9-19(10-8-18)35-15-22(24,25)23(26,27)28/h3-10H,11-15H2,1-2H3,(H,29,32)(H,33,34). The molecule has 0 spiro atoms. The monoisotopic (exact) mass is 503 g/mol. The lowest BCUT2D eigenvalue weighted by Gasteiger charge is -2.24. The highest BCUT2D eigenvalue weighted by molar-refractivity contribution is 5.92. The molecule has 0 aliphatic carbocycles. The van der Waals surface area contributed by atoms with Gasteiger partial charge in [0.15, 0.2) is 6.61 Å². The van der Waals surface area contributed by atoms with E-state index in [9.17, 15) is 31.5 Å². The Morgan fingerprint density at radius 2 is 1.54 bits per heavy atom. The van der Waals surface area contributed by atoms with Crippen LogP contribution in [0.15, 0.2) is 48.5 Å². The minimum Gasteiger partial charge on any atom is -0.487 e. The number of amides is 1. The Balaban J connectivity index is 1.96. The first-order chi connectivity index (χ1) is 16.3. The third kappa shape index (κ3) is 9.13. The first kappa shape index (κ1) is 28.0. The van der Waals surface area contributed by atoms with Crippen molar-refractivity contribution in [3.05, 3.63) is 59.7 Å². The number of halogens is 5. The summed E-state index contributed by atoms with van der Waals surface area (Å²) in [5, 5.41) is 11.7. The van der Waals surface area contributed by atoms with E-state index in [2.05, 4.69) is 10.1 Å². The Morgan fingerprint density at radius 1 is 0.943 bits per heavy atom. The van der Waals surface area contributed by atoms with Crippen molar-refractivity contribution in [1.82, 2.24) is 9.80 Å². The maximum atomic E-state index is 13.0. The van der Waals surface area contributed by atoms with Gasteiger partial charge in [0, 0.05) is 25.3 Å². The predicted octanol–water partition coefficient (Wildman–Crippen LogP) is 3.96. The lowest BCUT2D eigenvalue weighted by molar-refractivity contribution is -0.290. The summed E-state index contributed by atoms with van der Waals surface area (Å²) in [6.45, 7) is -0.251. The minimum absolute atomic E-state index is 0.00454. The van der Waals surface area contributed by atoms with Gasteiger partial charge in [-0.2, -0.15) is 22.0 Å². The van der Waals surface area contributed by atoms with Gasteiger partial charge >= 0.3 is 18.1 Å². The summed E-state index contributed by atoms with van der Waals surface area (Å²) in [6.07, 6.45) is -5.71. The van der Waals surface area contributed by atoms with Crippen LogP contribution in [0.5, 0.6) is 5.75 Å². The molecule has 0 bridgehead atoms. The molecule has 0 unspecified atom stereocenters. The summed E-state index contributed by atoms with van der Waals surface area (Å²) in [6, 6.07) is 11.3. The molecule has 0 atom stereocenters. The van der Waals surface area contributed by atoms with E-state index in [1.54, 1.807) is 12.1 Å². The highest BCUT2D eigenvalue weighted by Crippen LogP contribution is 2.35. The number of alkyl halides is 5. The van der Waals surface area contributed by atoms with Crippen LogP contribution in [0.1, 0.15) is 15.9 Å². The van der Waals surface area contributed by atoms with Crippen LogP contribution in [0.2, 0.25) is 0 Å². The molecule has 35 heavy (non-hydrogen) atoms. The molecule has 0 fully saturated rings. The number of carboxylic acid groups (broad SMARTS) is 1. The second kappa shape index (κ2) is 11.9. The third-order valence-electron chi connectivity index (χ3n) is 4.81. The molecule has 0 aliphatic rings. The van der Waals surface area contributed by atoms with E-state index in [4.69, 9.17) is 5.11 Å². The van der Waals surface area contributed by atoms with Crippen molar-refractivity contribution in [1.29, 1.82) is 0 Å². The molecule has 2 N–H and O–H groups in total. The van der Waals surface area contributed by atoms with Crippen LogP contribution in [0.25, 0.3) is 0 Å². The molecule has 0 heterocycles. The Kier molecular flexibility index (Phi) is 9.55. The van der Waals surface area contributed by atoms with Gasteiger partial charge < -0.3 is 20.1 Å². The zero-order chi connectivity index (χ0) is 26.2. The van der Waals surface area contributed by atoms with E-state index in [0.717, 1.165) is 5.56 Å². The molecule has 0 saturated heterocycles. The molecular weight excluding hydrogens is 477 g/mol. The van der Waals surface area contributed by atoms with Gasteiger partial charge in [0.1, 0.15) is 5.75 Å². The number of likely N-dealkylation sites (N-methyl/N-ethyl adjacent to an activating group) is 1. The molecule has 7 nitrogen and oxygen atoms in total. The van der Waals surface area contributed by atoms with E-state index in [1.807, 2.05) is 23.9 Å². The minimum atomic E-state index is -5.71. The number of rotatable bonds is 12. The maximum absolute atomic E-state index is 13.0. The van der Waals surface area contributed by atoms with Crippen LogP contribution in [0.3, 0.4) is 0 Å². The van der Waals surface area contributed by atoms with Crippen molar-refractivity contribution in [2.24, 2.45) is 0 Å². The number of carboxylic acids is 1. The molecule has 0 aromatic heterocycles. The first-order valence-corrected chi connectivity index (χ1v) is 10.4. The Labute approximate surface area is 199 Å². The van der Waals surface area contributed by atoms with E-state index in [1.165, 1.54) is 36.4 Å². The largest absolute Gasteiger partial charge is 0.487 e. The van der Waals surface area contributed by atoms with Crippen molar-refractivity contribution in [2.45, 2.75) is 18.6 Å². The van der Waals surface area contributed by atoms with Crippen LogP contribution in [0, 0.1) is 0 Å². The second-order valence-corrected chi connectivity index (χ2v) is 8.08. The topological polar surface area (TPSA) is 82.1 Å². The molecule has 2 aromatic carbocycles. The maximum Gasteiger partial charge on any atom is 0.456 e. The number of hydrogen-bond donors (Lipinski definition) is 2. The molecule has 1 amide bonds. The average molecular weight is 503 g/mol. The number of ether oxygens (including phenoxy) is 1.